The van der Waals surface area contributed by atoms with Gasteiger partial charge in [-0.25, -0.2) is 8.42 Å². The molecule has 0 saturated carbocycles. The van der Waals surface area contributed by atoms with Gasteiger partial charge in [0.05, 0.1) is 11.5 Å². The van der Waals surface area contributed by atoms with Crippen LogP contribution in [0.1, 0.15) is 27.2 Å². The summed E-state index contributed by atoms with van der Waals surface area (Å²) in [6.45, 7) is 6.94. The Bertz CT molecular complexity index is 324. The molecule has 0 spiro atoms. The summed E-state index contributed by atoms with van der Waals surface area (Å²) < 4.78 is 22.8. The van der Waals surface area contributed by atoms with Crippen molar-refractivity contribution in [2.75, 3.05) is 25.1 Å². The molecule has 1 heterocycles. The van der Waals surface area contributed by atoms with Crippen molar-refractivity contribution in [1.82, 2.24) is 10.6 Å². The van der Waals surface area contributed by atoms with Gasteiger partial charge in [0.2, 0.25) is 0 Å². The molecule has 1 atom stereocenters. The fourth-order valence-electron chi connectivity index (χ4n) is 1.67. The van der Waals surface area contributed by atoms with Crippen LogP contribution in [0, 0.1) is 0 Å². The summed E-state index contributed by atoms with van der Waals surface area (Å²) >= 11 is 0. The fourth-order valence-corrected chi connectivity index (χ4v) is 3.80. The Kier molecular flexibility index (Phi) is 3.48. The van der Waals surface area contributed by atoms with Gasteiger partial charge in [-0.05, 0) is 34.2 Å². The first-order valence-corrected chi connectivity index (χ1v) is 7.15. The molecule has 0 radical (unpaired) electrons. The number of hydrogen-bond donors (Lipinski definition) is 2. The van der Waals surface area contributed by atoms with Crippen molar-refractivity contribution in [2.24, 2.45) is 0 Å². The number of sulfone groups is 1. The normalized spacial score (nSPS) is 30.7. The van der Waals surface area contributed by atoms with Crippen LogP contribution in [-0.4, -0.2) is 44.6 Å². The second kappa shape index (κ2) is 4.03. The highest BCUT2D eigenvalue weighted by molar-refractivity contribution is 7.91. The van der Waals surface area contributed by atoms with Gasteiger partial charge in [-0.3, -0.25) is 0 Å². The zero-order valence-electron chi connectivity index (χ0n) is 10.1. The predicted octanol–water partition coefficient (Wildman–Crippen LogP) is 0.151. The second-order valence-electron chi connectivity index (χ2n) is 5.39. The SMILES string of the molecule is CNC(C)(C)CNC1(C)CCS(=O)(=O)C1. The molecule has 1 rings (SSSR count). The van der Waals surface area contributed by atoms with Crippen molar-refractivity contribution in [3.05, 3.63) is 0 Å². The maximum absolute atomic E-state index is 11.4. The van der Waals surface area contributed by atoms with Crippen molar-refractivity contribution in [2.45, 2.75) is 38.3 Å². The van der Waals surface area contributed by atoms with Crippen LogP contribution >= 0.6 is 0 Å². The molecule has 1 fully saturated rings. The Labute approximate surface area is 92.7 Å². The minimum Gasteiger partial charge on any atom is -0.314 e. The largest absolute Gasteiger partial charge is 0.314 e. The van der Waals surface area contributed by atoms with E-state index in [0.29, 0.717) is 5.75 Å². The number of hydrogen-bond acceptors (Lipinski definition) is 4. The van der Waals surface area contributed by atoms with Crippen molar-refractivity contribution in [3.8, 4) is 0 Å². The summed E-state index contributed by atoms with van der Waals surface area (Å²) in [5, 5.41) is 6.55. The van der Waals surface area contributed by atoms with E-state index in [1.807, 2.05) is 14.0 Å². The lowest BCUT2D eigenvalue weighted by atomic mass is 9.99. The van der Waals surface area contributed by atoms with E-state index in [4.69, 9.17) is 0 Å². The monoisotopic (exact) mass is 234 g/mol. The molecule has 0 aromatic heterocycles. The van der Waals surface area contributed by atoms with Gasteiger partial charge < -0.3 is 10.6 Å². The highest BCUT2D eigenvalue weighted by atomic mass is 32.2. The predicted molar refractivity (Wildman–Crippen MR) is 62.8 cm³/mol. The fraction of sp³-hybridized carbons (Fsp3) is 1.00. The van der Waals surface area contributed by atoms with Gasteiger partial charge in [0, 0.05) is 17.6 Å². The Hall–Kier alpha value is -0.130. The highest BCUT2D eigenvalue weighted by Crippen LogP contribution is 2.23. The highest BCUT2D eigenvalue weighted by Gasteiger charge is 2.38. The Morgan fingerprint density at radius 3 is 2.40 bits per heavy atom. The van der Waals surface area contributed by atoms with E-state index in [0.717, 1.165) is 13.0 Å². The third-order valence-electron chi connectivity index (χ3n) is 3.14. The van der Waals surface area contributed by atoms with E-state index in [9.17, 15) is 8.42 Å². The molecule has 4 nitrogen and oxygen atoms in total. The van der Waals surface area contributed by atoms with E-state index in [2.05, 4.69) is 24.5 Å². The summed E-state index contributed by atoms with van der Waals surface area (Å²) in [7, 11) is -0.899. The molecule has 2 N–H and O–H groups in total. The van der Waals surface area contributed by atoms with Gasteiger partial charge in [-0.15, -0.1) is 0 Å². The van der Waals surface area contributed by atoms with Crippen molar-refractivity contribution >= 4 is 9.84 Å². The van der Waals surface area contributed by atoms with Crippen LogP contribution in [0.3, 0.4) is 0 Å². The van der Waals surface area contributed by atoms with Crippen LogP contribution in [-0.2, 0) is 9.84 Å². The van der Waals surface area contributed by atoms with Gasteiger partial charge in [-0.2, -0.15) is 0 Å². The van der Waals surface area contributed by atoms with Crippen LogP contribution < -0.4 is 10.6 Å². The Balaban J connectivity index is 2.53. The van der Waals surface area contributed by atoms with Crippen LogP contribution in [0.15, 0.2) is 0 Å². The zero-order chi connectivity index (χ0) is 11.7. The number of likely N-dealkylation sites (N-methyl/N-ethyl adjacent to an activating group) is 1. The van der Waals surface area contributed by atoms with Gasteiger partial charge in [0.1, 0.15) is 0 Å². The molecule has 0 bridgehead atoms. The van der Waals surface area contributed by atoms with Crippen LogP contribution in [0.2, 0.25) is 0 Å². The molecule has 0 aliphatic carbocycles. The van der Waals surface area contributed by atoms with Crippen molar-refractivity contribution in [3.63, 3.8) is 0 Å². The lowest BCUT2D eigenvalue weighted by Gasteiger charge is -2.31. The molecule has 0 amide bonds. The van der Waals surface area contributed by atoms with Crippen molar-refractivity contribution < 1.29 is 8.42 Å². The average molecular weight is 234 g/mol. The van der Waals surface area contributed by atoms with Crippen LogP contribution in [0.5, 0.6) is 0 Å². The molecule has 1 saturated heterocycles. The first kappa shape index (κ1) is 12.9. The van der Waals surface area contributed by atoms with Crippen LogP contribution in [0.4, 0.5) is 0 Å². The third-order valence-corrected chi connectivity index (χ3v) is 5.04. The molecule has 0 aromatic rings. The van der Waals surface area contributed by atoms with Crippen molar-refractivity contribution in [1.29, 1.82) is 0 Å². The average Bonchev–Trinajstić information content (AvgIpc) is 2.39. The first-order chi connectivity index (χ1) is 6.68. The molecule has 1 unspecified atom stereocenters. The lowest BCUT2D eigenvalue weighted by Crippen LogP contribution is -2.53. The van der Waals surface area contributed by atoms with Gasteiger partial charge in [-0.1, -0.05) is 0 Å². The maximum atomic E-state index is 11.4. The second-order valence-corrected chi connectivity index (χ2v) is 7.57. The Morgan fingerprint density at radius 2 is 2.00 bits per heavy atom. The van der Waals surface area contributed by atoms with E-state index >= 15 is 0 Å². The molecule has 0 aromatic carbocycles. The lowest BCUT2D eigenvalue weighted by molar-refractivity contribution is 0.317. The molecular formula is C10H22N2O2S. The standard InChI is InChI=1S/C10H22N2O2S/c1-9(2,11-4)7-12-10(3)5-6-15(13,14)8-10/h11-12H,5-8H2,1-4H3. The summed E-state index contributed by atoms with van der Waals surface area (Å²) in [6, 6.07) is 0. The van der Waals surface area contributed by atoms with E-state index in [1.54, 1.807) is 0 Å². The van der Waals surface area contributed by atoms with E-state index in [-0.39, 0.29) is 16.8 Å². The third kappa shape index (κ3) is 3.74. The molecule has 1 aliphatic heterocycles. The number of nitrogens with one attached hydrogen (secondary N) is 2. The minimum atomic E-state index is -2.81. The minimum absolute atomic E-state index is 0.00460. The maximum Gasteiger partial charge on any atom is 0.152 e. The summed E-state index contributed by atoms with van der Waals surface area (Å²) in [4.78, 5) is 0. The number of rotatable bonds is 4. The smallest absolute Gasteiger partial charge is 0.152 e. The Morgan fingerprint density at radius 1 is 1.40 bits per heavy atom. The quantitative estimate of drug-likeness (QED) is 0.727. The first-order valence-electron chi connectivity index (χ1n) is 5.32. The van der Waals surface area contributed by atoms with Crippen LogP contribution in [0.25, 0.3) is 0 Å². The topological polar surface area (TPSA) is 58.2 Å². The molecule has 1 aliphatic rings. The molecule has 15 heavy (non-hydrogen) atoms. The summed E-state index contributed by atoms with van der Waals surface area (Å²) in [5.74, 6) is 0.580. The summed E-state index contributed by atoms with van der Waals surface area (Å²) in [6.07, 6.45) is 0.717. The molecular weight excluding hydrogens is 212 g/mol. The van der Waals surface area contributed by atoms with Gasteiger partial charge >= 0.3 is 0 Å². The zero-order valence-corrected chi connectivity index (χ0v) is 10.9. The van der Waals surface area contributed by atoms with E-state index < -0.39 is 9.84 Å². The summed E-state index contributed by atoms with van der Waals surface area (Å²) in [5.41, 5.74) is -0.248. The molecule has 90 valence electrons. The molecule has 5 heteroatoms. The van der Waals surface area contributed by atoms with Gasteiger partial charge in [0.15, 0.2) is 9.84 Å². The van der Waals surface area contributed by atoms with E-state index in [1.165, 1.54) is 0 Å². The van der Waals surface area contributed by atoms with Gasteiger partial charge in [0.25, 0.3) is 0 Å².